The maximum atomic E-state index is 13.3. The largest absolute Gasteiger partial charge is 0.495 e. The van der Waals surface area contributed by atoms with E-state index < -0.39 is 12.0 Å². The van der Waals surface area contributed by atoms with Gasteiger partial charge >= 0.3 is 5.97 Å². The number of likely N-dealkylation sites (N-methyl/N-ethyl adjacent to an activating group) is 1. The minimum atomic E-state index is -0.976. The number of hydrogen-bond acceptors (Lipinski definition) is 10. The molecule has 2 aliphatic heterocycles. The van der Waals surface area contributed by atoms with Crippen molar-refractivity contribution < 1.29 is 24.2 Å². The summed E-state index contributed by atoms with van der Waals surface area (Å²) in [5.41, 5.74) is 7.50. The number of methoxy groups -OCH3 is 1. The van der Waals surface area contributed by atoms with Crippen LogP contribution in [0.2, 0.25) is 0 Å². The first-order valence-electron chi connectivity index (χ1n) is 16.1. The molecule has 2 bridgehead atoms. The van der Waals surface area contributed by atoms with Crippen LogP contribution in [0.1, 0.15) is 62.2 Å². The molecule has 45 heavy (non-hydrogen) atoms. The summed E-state index contributed by atoms with van der Waals surface area (Å²) < 4.78 is 5.67. The first-order chi connectivity index (χ1) is 21.7. The molecule has 0 spiro atoms. The van der Waals surface area contributed by atoms with Crippen LogP contribution in [-0.4, -0.2) is 95.7 Å². The van der Waals surface area contributed by atoms with Crippen LogP contribution in [-0.2, 0) is 9.59 Å². The van der Waals surface area contributed by atoms with E-state index in [4.69, 9.17) is 20.6 Å². The SMILES string of the molecule is CC[C@@H]1C(=O)N(C)c2cnc(Nc3ccc(C(=O)NC4C5CC4CN(CC[C@H](N)C(=O)O)C5)cc3OC)nc2N1C1CCCC1. The summed E-state index contributed by atoms with van der Waals surface area (Å²) in [6.45, 7) is 4.33. The molecule has 242 valence electrons. The highest BCUT2D eigenvalue weighted by Crippen LogP contribution is 2.42. The molecule has 1 aromatic heterocycles. The van der Waals surface area contributed by atoms with E-state index >= 15 is 0 Å². The van der Waals surface area contributed by atoms with Crippen molar-refractivity contribution in [2.75, 3.05) is 48.9 Å². The van der Waals surface area contributed by atoms with Gasteiger partial charge in [-0.2, -0.15) is 4.98 Å². The van der Waals surface area contributed by atoms with Gasteiger partial charge in [-0.15, -0.1) is 0 Å². The molecule has 4 atom stereocenters. The zero-order chi connectivity index (χ0) is 31.8. The molecule has 6 rings (SSSR count). The smallest absolute Gasteiger partial charge is 0.320 e. The number of benzene rings is 1. The maximum Gasteiger partial charge on any atom is 0.320 e. The highest BCUT2D eigenvalue weighted by atomic mass is 16.5. The Hall–Kier alpha value is -3.97. The molecule has 0 radical (unpaired) electrons. The molecule has 2 aliphatic carbocycles. The van der Waals surface area contributed by atoms with Crippen LogP contribution in [0.5, 0.6) is 5.75 Å². The molecule has 5 N–H and O–H groups in total. The summed E-state index contributed by atoms with van der Waals surface area (Å²) in [7, 11) is 3.34. The minimum absolute atomic E-state index is 0.0695. The third-order valence-electron chi connectivity index (χ3n) is 10.1. The fourth-order valence-corrected chi connectivity index (χ4v) is 7.58. The van der Waals surface area contributed by atoms with E-state index in [-0.39, 0.29) is 29.9 Å². The van der Waals surface area contributed by atoms with Gasteiger partial charge in [-0.1, -0.05) is 19.8 Å². The van der Waals surface area contributed by atoms with E-state index in [1.807, 2.05) is 6.92 Å². The Bertz CT molecular complexity index is 1440. The van der Waals surface area contributed by atoms with Crippen molar-refractivity contribution in [1.82, 2.24) is 20.2 Å². The van der Waals surface area contributed by atoms with E-state index in [0.29, 0.717) is 59.9 Å². The highest BCUT2D eigenvalue weighted by Gasteiger charge is 2.47. The highest BCUT2D eigenvalue weighted by molar-refractivity contribution is 6.04. The number of nitrogens with one attached hydrogen (secondary N) is 2. The number of carboxylic acid groups (broad SMARTS) is 1. The predicted octanol–water partition coefficient (Wildman–Crippen LogP) is 2.58. The lowest BCUT2D eigenvalue weighted by Gasteiger charge is -2.53. The molecule has 3 heterocycles. The van der Waals surface area contributed by atoms with Crippen LogP contribution in [0.25, 0.3) is 0 Å². The number of carbonyl (C=O) groups is 3. The maximum absolute atomic E-state index is 13.3. The minimum Gasteiger partial charge on any atom is -0.495 e. The van der Waals surface area contributed by atoms with Crippen molar-refractivity contribution >= 4 is 40.9 Å². The molecule has 2 amide bonds. The van der Waals surface area contributed by atoms with E-state index in [9.17, 15) is 14.4 Å². The van der Waals surface area contributed by atoms with Crippen molar-refractivity contribution in [3.05, 3.63) is 30.0 Å². The molecular weight excluding hydrogens is 576 g/mol. The van der Waals surface area contributed by atoms with E-state index in [2.05, 4.69) is 25.4 Å². The number of aromatic nitrogens is 2. The monoisotopic (exact) mass is 620 g/mol. The number of hydrogen-bond donors (Lipinski definition) is 4. The lowest BCUT2D eigenvalue weighted by Crippen LogP contribution is -2.64. The van der Waals surface area contributed by atoms with Gasteiger partial charge in [-0.05, 0) is 62.1 Å². The first-order valence-corrected chi connectivity index (χ1v) is 16.1. The number of anilines is 4. The molecule has 13 heteroatoms. The van der Waals surface area contributed by atoms with Crippen LogP contribution in [0.4, 0.5) is 23.1 Å². The molecule has 2 aromatic rings. The number of fused-ring (bicyclic) bond motifs is 3. The van der Waals surface area contributed by atoms with E-state index in [0.717, 1.165) is 51.0 Å². The number of carbonyl (C=O) groups excluding carboxylic acids is 2. The van der Waals surface area contributed by atoms with Gasteiger partial charge in [0, 0.05) is 44.3 Å². The van der Waals surface area contributed by atoms with Gasteiger partial charge in [0.1, 0.15) is 23.5 Å². The van der Waals surface area contributed by atoms with Gasteiger partial charge in [0.25, 0.3) is 5.91 Å². The Morgan fingerprint density at radius 3 is 2.60 bits per heavy atom. The number of amides is 2. The number of carboxylic acids is 1. The average molecular weight is 621 g/mol. The quantitative estimate of drug-likeness (QED) is 0.292. The second-order valence-electron chi connectivity index (χ2n) is 12.9. The van der Waals surface area contributed by atoms with E-state index in [1.54, 1.807) is 43.5 Å². The van der Waals surface area contributed by atoms with Gasteiger partial charge in [-0.25, -0.2) is 4.98 Å². The van der Waals surface area contributed by atoms with Crippen molar-refractivity contribution in [3.8, 4) is 5.75 Å². The van der Waals surface area contributed by atoms with Crippen molar-refractivity contribution in [1.29, 1.82) is 0 Å². The van der Waals surface area contributed by atoms with Crippen molar-refractivity contribution in [2.24, 2.45) is 17.6 Å². The predicted molar refractivity (Wildman–Crippen MR) is 170 cm³/mol. The topological polar surface area (TPSA) is 166 Å². The third kappa shape index (κ3) is 6.02. The fraction of sp³-hybridized carbons (Fsp3) is 0.594. The molecule has 2 saturated carbocycles. The Morgan fingerprint density at radius 1 is 1.20 bits per heavy atom. The number of nitrogens with zero attached hydrogens (tertiary/aromatic N) is 5. The summed E-state index contributed by atoms with van der Waals surface area (Å²) in [6.07, 6.45) is 8.24. The standard InChI is InChI=1S/C32H44N8O5/c1-4-24-30(42)38(2)25-15-34-32(37-28(25)40(24)21-7-5-6-8-21)35-23-10-9-18(14-26(23)45-3)29(41)36-27-19-13-20(27)17-39(16-19)12-11-22(33)31(43)44/h9-10,14-15,19-22,24,27H,4-8,11-13,16-17,33H2,1-3H3,(H,36,41)(H,43,44)(H,34,35,37)/t19?,20?,22-,24+,27?/m0/s1. The number of likely N-dealkylation sites (tertiary alicyclic amines) is 1. The molecule has 3 fully saturated rings. The molecule has 1 aromatic carbocycles. The Morgan fingerprint density at radius 2 is 1.93 bits per heavy atom. The summed E-state index contributed by atoms with van der Waals surface area (Å²) in [5.74, 6) is 1.25. The Kier molecular flexibility index (Phi) is 8.82. The number of piperidine rings is 2. The van der Waals surface area contributed by atoms with Crippen LogP contribution in [0.3, 0.4) is 0 Å². The molecule has 4 aliphatic rings. The Balaban J connectivity index is 1.13. The number of ether oxygens (including phenoxy) is 1. The Labute approximate surface area is 263 Å². The van der Waals surface area contributed by atoms with Gasteiger partial charge in [0.05, 0.1) is 19.0 Å². The molecule has 13 nitrogen and oxygen atoms in total. The lowest BCUT2D eigenvalue weighted by atomic mass is 9.66. The van der Waals surface area contributed by atoms with Crippen molar-refractivity contribution in [3.63, 3.8) is 0 Å². The molecule has 2 unspecified atom stereocenters. The second kappa shape index (κ2) is 12.8. The number of nitrogens with two attached hydrogens (primary N) is 1. The lowest BCUT2D eigenvalue weighted by molar-refractivity contribution is -0.138. The van der Waals surface area contributed by atoms with E-state index in [1.165, 1.54) is 0 Å². The van der Waals surface area contributed by atoms with Crippen molar-refractivity contribution in [2.45, 2.75) is 76.0 Å². The normalized spacial score (nSPS) is 25.4. The summed E-state index contributed by atoms with van der Waals surface area (Å²) in [4.78, 5) is 53.1. The van der Waals surface area contributed by atoms with Crippen LogP contribution < -0.4 is 30.9 Å². The van der Waals surface area contributed by atoms with Crippen LogP contribution in [0.15, 0.2) is 24.4 Å². The summed E-state index contributed by atoms with van der Waals surface area (Å²) >= 11 is 0. The second-order valence-corrected chi connectivity index (χ2v) is 12.9. The zero-order valence-corrected chi connectivity index (χ0v) is 26.2. The molecular formula is C32H44N8O5. The average Bonchev–Trinajstić information content (AvgIpc) is 3.58. The van der Waals surface area contributed by atoms with Gasteiger partial charge in [-0.3, -0.25) is 14.4 Å². The summed E-state index contributed by atoms with van der Waals surface area (Å²) in [6, 6.07) is 4.53. The summed E-state index contributed by atoms with van der Waals surface area (Å²) in [5, 5.41) is 15.5. The van der Waals surface area contributed by atoms with Gasteiger partial charge in [0.2, 0.25) is 11.9 Å². The number of rotatable bonds is 11. The fourth-order valence-electron chi connectivity index (χ4n) is 7.58. The van der Waals surface area contributed by atoms with Gasteiger partial charge in [0.15, 0.2) is 5.82 Å². The number of aliphatic carboxylic acids is 1. The van der Waals surface area contributed by atoms with Gasteiger partial charge < -0.3 is 40.9 Å². The first kappa shape index (κ1) is 31.0. The molecule has 1 saturated heterocycles. The zero-order valence-electron chi connectivity index (χ0n) is 26.2. The van der Waals surface area contributed by atoms with Crippen LogP contribution in [0, 0.1) is 11.8 Å². The van der Waals surface area contributed by atoms with Crippen LogP contribution >= 0.6 is 0 Å². The third-order valence-corrected chi connectivity index (χ3v) is 10.1.